The van der Waals surface area contributed by atoms with Crippen molar-refractivity contribution in [2.24, 2.45) is 0 Å². The Morgan fingerprint density at radius 3 is 2.57 bits per heavy atom. The van der Waals surface area contributed by atoms with Gasteiger partial charge in [0, 0.05) is 17.9 Å². The second-order valence-electron chi connectivity index (χ2n) is 8.05. The number of nitrogens with one attached hydrogen (secondary N) is 3. The van der Waals surface area contributed by atoms with Gasteiger partial charge in [-0.15, -0.1) is 0 Å². The number of fused-ring (bicyclic) bond motifs is 1. The number of anilines is 2. The molecule has 146 valence electrons. The van der Waals surface area contributed by atoms with Gasteiger partial charge in [-0.1, -0.05) is 31.4 Å². The Morgan fingerprint density at radius 2 is 1.82 bits per heavy atom. The SMILES string of the molecule is O=c1[nH]ccc2c1c(Nc1ccc(C3CCCN3)cc1)nn2C1CCCCC1. The van der Waals surface area contributed by atoms with Gasteiger partial charge in [0.2, 0.25) is 0 Å². The molecular formula is C22H27N5O. The fraction of sp³-hybridized carbons (Fsp3) is 0.455. The van der Waals surface area contributed by atoms with Gasteiger partial charge in [0.25, 0.3) is 5.56 Å². The third-order valence-corrected chi connectivity index (χ3v) is 6.19. The van der Waals surface area contributed by atoms with Crippen LogP contribution < -0.4 is 16.2 Å². The van der Waals surface area contributed by atoms with Crippen molar-refractivity contribution >= 4 is 22.4 Å². The summed E-state index contributed by atoms with van der Waals surface area (Å²) in [6, 6.07) is 11.3. The summed E-state index contributed by atoms with van der Waals surface area (Å²) in [7, 11) is 0. The smallest absolute Gasteiger partial charge is 0.261 e. The lowest BCUT2D eigenvalue weighted by molar-refractivity contribution is 0.338. The zero-order valence-corrected chi connectivity index (χ0v) is 16.1. The van der Waals surface area contributed by atoms with E-state index in [0.717, 1.165) is 30.6 Å². The largest absolute Gasteiger partial charge is 0.338 e. The van der Waals surface area contributed by atoms with E-state index < -0.39 is 0 Å². The number of hydrogen-bond acceptors (Lipinski definition) is 4. The van der Waals surface area contributed by atoms with Gasteiger partial charge in [-0.3, -0.25) is 9.48 Å². The molecule has 1 saturated heterocycles. The van der Waals surface area contributed by atoms with Crippen molar-refractivity contribution in [3.8, 4) is 0 Å². The first-order chi connectivity index (χ1) is 13.8. The first-order valence-corrected chi connectivity index (χ1v) is 10.5. The molecule has 3 aromatic rings. The number of pyridine rings is 1. The molecule has 1 unspecified atom stereocenters. The predicted octanol–water partition coefficient (Wildman–Crippen LogP) is 4.40. The molecule has 0 spiro atoms. The van der Waals surface area contributed by atoms with Gasteiger partial charge in [0.15, 0.2) is 5.82 Å². The van der Waals surface area contributed by atoms with Gasteiger partial charge in [-0.05, 0) is 56.0 Å². The molecule has 3 heterocycles. The second kappa shape index (κ2) is 7.43. The fourth-order valence-electron chi connectivity index (χ4n) is 4.70. The van der Waals surface area contributed by atoms with E-state index in [0.29, 0.717) is 23.3 Å². The summed E-state index contributed by atoms with van der Waals surface area (Å²) >= 11 is 0. The number of aromatic nitrogens is 3. The summed E-state index contributed by atoms with van der Waals surface area (Å²) in [6.45, 7) is 1.10. The monoisotopic (exact) mass is 377 g/mol. The molecule has 1 atom stereocenters. The standard InChI is InChI=1S/C22H27N5O/c28-22-20-19(12-14-24-22)27(17-5-2-1-3-6-17)26-21(20)25-16-10-8-15(9-11-16)18-7-4-13-23-18/h8-12,14,17-18,23H,1-7,13H2,(H,24,28)(H,25,26). The number of H-pyrrole nitrogens is 1. The zero-order chi connectivity index (χ0) is 18.9. The number of benzene rings is 1. The van der Waals surface area contributed by atoms with Crippen LogP contribution in [0.15, 0.2) is 41.3 Å². The van der Waals surface area contributed by atoms with E-state index in [1.807, 2.05) is 6.07 Å². The van der Waals surface area contributed by atoms with E-state index in [1.54, 1.807) is 6.20 Å². The second-order valence-corrected chi connectivity index (χ2v) is 8.05. The van der Waals surface area contributed by atoms with Crippen LogP contribution in [0, 0.1) is 0 Å². The summed E-state index contributed by atoms with van der Waals surface area (Å²) in [4.78, 5) is 15.4. The van der Waals surface area contributed by atoms with Crippen molar-refractivity contribution in [1.82, 2.24) is 20.1 Å². The fourth-order valence-corrected chi connectivity index (χ4v) is 4.70. The molecule has 6 nitrogen and oxygen atoms in total. The number of aromatic amines is 1. The normalized spacial score (nSPS) is 20.6. The maximum Gasteiger partial charge on any atom is 0.261 e. The molecule has 3 N–H and O–H groups in total. The lowest BCUT2D eigenvalue weighted by Gasteiger charge is -2.22. The quantitative estimate of drug-likeness (QED) is 0.630. The third kappa shape index (κ3) is 3.22. The first kappa shape index (κ1) is 17.5. The van der Waals surface area contributed by atoms with Crippen LogP contribution in [-0.4, -0.2) is 21.3 Å². The van der Waals surface area contributed by atoms with Gasteiger partial charge in [0.05, 0.1) is 11.6 Å². The number of rotatable bonds is 4. The molecule has 2 fully saturated rings. The van der Waals surface area contributed by atoms with Gasteiger partial charge >= 0.3 is 0 Å². The van der Waals surface area contributed by atoms with E-state index in [4.69, 9.17) is 5.10 Å². The van der Waals surface area contributed by atoms with Crippen LogP contribution in [0.5, 0.6) is 0 Å². The van der Waals surface area contributed by atoms with Gasteiger partial charge in [-0.25, -0.2) is 0 Å². The summed E-state index contributed by atoms with van der Waals surface area (Å²) in [5.74, 6) is 0.647. The molecule has 0 radical (unpaired) electrons. The molecule has 5 rings (SSSR count). The Kier molecular flexibility index (Phi) is 4.64. The van der Waals surface area contributed by atoms with Crippen LogP contribution in [0.3, 0.4) is 0 Å². The molecule has 2 aliphatic rings. The molecule has 28 heavy (non-hydrogen) atoms. The minimum atomic E-state index is -0.0890. The summed E-state index contributed by atoms with van der Waals surface area (Å²) in [5.41, 5.74) is 3.11. The maximum absolute atomic E-state index is 12.6. The van der Waals surface area contributed by atoms with E-state index >= 15 is 0 Å². The van der Waals surface area contributed by atoms with Crippen molar-refractivity contribution in [2.75, 3.05) is 11.9 Å². The van der Waals surface area contributed by atoms with Crippen molar-refractivity contribution in [3.05, 3.63) is 52.4 Å². The Labute approximate surface area is 164 Å². The Bertz CT molecular complexity index is 1010. The highest BCUT2D eigenvalue weighted by atomic mass is 16.1. The van der Waals surface area contributed by atoms with Crippen LogP contribution in [-0.2, 0) is 0 Å². The van der Waals surface area contributed by atoms with Crippen molar-refractivity contribution in [3.63, 3.8) is 0 Å². The van der Waals surface area contributed by atoms with Crippen LogP contribution >= 0.6 is 0 Å². The Balaban J connectivity index is 1.47. The lowest BCUT2D eigenvalue weighted by Crippen LogP contribution is -2.14. The Morgan fingerprint density at radius 1 is 1.00 bits per heavy atom. The Hall–Kier alpha value is -2.60. The molecular weight excluding hydrogens is 350 g/mol. The average molecular weight is 377 g/mol. The van der Waals surface area contributed by atoms with Crippen molar-refractivity contribution in [2.45, 2.75) is 57.0 Å². The molecule has 6 heteroatoms. The molecule has 2 aromatic heterocycles. The lowest BCUT2D eigenvalue weighted by atomic mass is 9.95. The predicted molar refractivity (Wildman–Crippen MR) is 112 cm³/mol. The van der Waals surface area contributed by atoms with Crippen molar-refractivity contribution < 1.29 is 0 Å². The number of nitrogens with zero attached hydrogens (tertiary/aromatic N) is 2. The molecule has 1 aliphatic carbocycles. The molecule has 0 bridgehead atoms. The molecule has 0 amide bonds. The number of hydrogen-bond donors (Lipinski definition) is 3. The topological polar surface area (TPSA) is 74.7 Å². The van der Waals surface area contributed by atoms with Gasteiger partial charge in [0.1, 0.15) is 5.39 Å². The molecule has 1 aliphatic heterocycles. The van der Waals surface area contributed by atoms with Gasteiger partial charge in [-0.2, -0.15) is 5.10 Å². The highest BCUT2D eigenvalue weighted by Crippen LogP contribution is 2.33. The third-order valence-electron chi connectivity index (χ3n) is 6.19. The summed E-state index contributed by atoms with van der Waals surface area (Å²) < 4.78 is 2.07. The molecule has 1 saturated carbocycles. The average Bonchev–Trinajstić information content (AvgIpc) is 3.39. The minimum absolute atomic E-state index is 0.0890. The maximum atomic E-state index is 12.6. The van der Waals surface area contributed by atoms with E-state index in [1.165, 1.54) is 37.7 Å². The molecule has 1 aromatic carbocycles. The zero-order valence-electron chi connectivity index (χ0n) is 16.1. The highest BCUT2D eigenvalue weighted by molar-refractivity contribution is 5.91. The minimum Gasteiger partial charge on any atom is -0.338 e. The van der Waals surface area contributed by atoms with E-state index in [-0.39, 0.29) is 5.56 Å². The van der Waals surface area contributed by atoms with Crippen LogP contribution in [0.2, 0.25) is 0 Å². The van der Waals surface area contributed by atoms with Crippen LogP contribution in [0.25, 0.3) is 10.9 Å². The van der Waals surface area contributed by atoms with E-state index in [9.17, 15) is 4.79 Å². The van der Waals surface area contributed by atoms with Crippen LogP contribution in [0.1, 0.15) is 62.6 Å². The van der Waals surface area contributed by atoms with Gasteiger partial charge < -0.3 is 15.6 Å². The summed E-state index contributed by atoms with van der Waals surface area (Å²) in [5, 5.41) is 12.4. The first-order valence-electron chi connectivity index (χ1n) is 10.5. The van der Waals surface area contributed by atoms with E-state index in [2.05, 4.69) is 44.6 Å². The summed E-state index contributed by atoms with van der Waals surface area (Å²) in [6.07, 6.45) is 10.2. The highest BCUT2D eigenvalue weighted by Gasteiger charge is 2.22. The van der Waals surface area contributed by atoms with Crippen LogP contribution in [0.4, 0.5) is 11.5 Å². The van der Waals surface area contributed by atoms with Crippen molar-refractivity contribution in [1.29, 1.82) is 0 Å².